The average Bonchev–Trinajstić information content (AvgIpc) is 2.59. The van der Waals surface area contributed by atoms with Crippen LogP contribution >= 0.6 is 12.4 Å². The molecule has 0 aromatic heterocycles. The van der Waals surface area contributed by atoms with Gasteiger partial charge in [0.05, 0.1) is 4.90 Å². The average molecular weight is 390 g/mol. The lowest BCUT2D eigenvalue weighted by atomic mass is 10.0. The van der Waals surface area contributed by atoms with Crippen LogP contribution in [0.2, 0.25) is 0 Å². The summed E-state index contributed by atoms with van der Waals surface area (Å²) in [7, 11) is -3.53. The highest BCUT2D eigenvalue weighted by Gasteiger charge is 2.26. The highest BCUT2D eigenvalue weighted by molar-refractivity contribution is 7.89. The number of benzene rings is 1. The minimum absolute atomic E-state index is 0. The van der Waals surface area contributed by atoms with Gasteiger partial charge in [0, 0.05) is 31.2 Å². The molecule has 25 heavy (non-hydrogen) atoms. The molecule has 8 heteroatoms. The summed E-state index contributed by atoms with van der Waals surface area (Å²) in [5.41, 5.74) is 6.27. The zero-order chi connectivity index (χ0) is 17.7. The minimum Gasteiger partial charge on any atom is -0.334 e. The molecule has 0 spiro atoms. The van der Waals surface area contributed by atoms with Crippen LogP contribution in [0.1, 0.15) is 43.5 Å². The maximum absolute atomic E-state index is 12.7. The topological polar surface area (TPSA) is 92.5 Å². The number of nitrogens with zero attached hydrogens (tertiary/aromatic N) is 1. The number of hydrogen-bond donors (Lipinski definition) is 2. The van der Waals surface area contributed by atoms with Crippen molar-refractivity contribution in [3.63, 3.8) is 0 Å². The molecule has 0 radical (unpaired) electrons. The predicted molar refractivity (Wildman–Crippen MR) is 101 cm³/mol. The van der Waals surface area contributed by atoms with E-state index in [0.717, 1.165) is 19.3 Å². The lowest BCUT2D eigenvalue weighted by Crippen LogP contribution is -2.47. The zero-order valence-corrected chi connectivity index (χ0v) is 16.4. The highest BCUT2D eigenvalue weighted by atomic mass is 35.5. The van der Waals surface area contributed by atoms with Crippen LogP contribution < -0.4 is 10.5 Å². The summed E-state index contributed by atoms with van der Waals surface area (Å²) >= 11 is 0. The first-order valence-corrected chi connectivity index (χ1v) is 9.94. The van der Waals surface area contributed by atoms with Gasteiger partial charge in [0.2, 0.25) is 10.0 Å². The standard InChI is InChI=1S/C17H27N3O3S.ClH/c1-13(2)12-19-24(22,23)16-8-6-14(7-9-16)17(21)20-10-4-3-5-15(20)11-18;/h6-9,13,15,19H,3-5,10-12,18H2,1-2H3;1H. The third-order valence-electron chi connectivity index (χ3n) is 4.25. The smallest absolute Gasteiger partial charge is 0.254 e. The molecule has 2 rings (SSSR count). The normalized spacial score (nSPS) is 18.1. The Bertz CT molecular complexity index is 662. The van der Waals surface area contributed by atoms with E-state index in [1.165, 1.54) is 12.1 Å². The van der Waals surface area contributed by atoms with Gasteiger partial charge in [-0.1, -0.05) is 13.8 Å². The van der Waals surface area contributed by atoms with Gasteiger partial charge < -0.3 is 10.6 Å². The molecule has 0 bridgehead atoms. The second-order valence-electron chi connectivity index (χ2n) is 6.65. The molecule has 1 amide bonds. The molecular weight excluding hydrogens is 362 g/mol. The molecule has 1 atom stereocenters. The predicted octanol–water partition coefficient (Wildman–Crippen LogP) is 2.00. The van der Waals surface area contributed by atoms with Gasteiger partial charge in [-0.25, -0.2) is 13.1 Å². The Morgan fingerprint density at radius 3 is 2.48 bits per heavy atom. The third kappa shape index (κ3) is 5.67. The Morgan fingerprint density at radius 1 is 1.28 bits per heavy atom. The molecule has 0 saturated carbocycles. The van der Waals surface area contributed by atoms with Gasteiger partial charge in [0.15, 0.2) is 0 Å². The molecular formula is C17H28ClN3O3S. The van der Waals surface area contributed by atoms with Crippen LogP contribution in [0.5, 0.6) is 0 Å². The number of nitrogens with two attached hydrogens (primary N) is 1. The van der Waals surface area contributed by atoms with E-state index < -0.39 is 10.0 Å². The summed E-state index contributed by atoms with van der Waals surface area (Å²) in [5, 5.41) is 0. The highest BCUT2D eigenvalue weighted by Crippen LogP contribution is 2.20. The second-order valence-corrected chi connectivity index (χ2v) is 8.42. The Labute approximate surface area is 156 Å². The molecule has 1 aromatic rings. The Balaban J connectivity index is 0.00000312. The number of sulfonamides is 1. The van der Waals surface area contributed by atoms with Crippen molar-refractivity contribution in [2.24, 2.45) is 11.7 Å². The largest absolute Gasteiger partial charge is 0.334 e. The van der Waals surface area contributed by atoms with Crippen LogP contribution in [0.3, 0.4) is 0 Å². The van der Waals surface area contributed by atoms with Crippen molar-refractivity contribution in [1.29, 1.82) is 0 Å². The van der Waals surface area contributed by atoms with E-state index in [-0.39, 0.29) is 35.2 Å². The summed E-state index contributed by atoms with van der Waals surface area (Å²) in [4.78, 5) is 14.6. The monoisotopic (exact) mass is 389 g/mol. The van der Waals surface area contributed by atoms with Crippen LogP contribution in [-0.4, -0.2) is 44.9 Å². The number of piperidine rings is 1. The minimum atomic E-state index is -3.53. The Kier molecular flexibility index (Phi) is 8.34. The van der Waals surface area contributed by atoms with Crippen molar-refractivity contribution in [2.45, 2.75) is 44.0 Å². The fourth-order valence-electron chi connectivity index (χ4n) is 2.82. The van der Waals surface area contributed by atoms with Crippen molar-refractivity contribution in [1.82, 2.24) is 9.62 Å². The number of hydrogen-bond acceptors (Lipinski definition) is 4. The summed E-state index contributed by atoms with van der Waals surface area (Å²) < 4.78 is 27.0. The molecule has 1 unspecified atom stereocenters. The summed E-state index contributed by atoms with van der Waals surface area (Å²) in [5.74, 6) is 0.150. The van der Waals surface area contributed by atoms with Gasteiger partial charge in [0.25, 0.3) is 5.91 Å². The van der Waals surface area contributed by atoms with Crippen LogP contribution in [0.15, 0.2) is 29.2 Å². The first-order valence-electron chi connectivity index (χ1n) is 8.46. The van der Waals surface area contributed by atoms with Crippen LogP contribution in [0.4, 0.5) is 0 Å². The lowest BCUT2D eigenvalue weighted by molar-refractivity contribution is 0.0623. The van der Waals surface area contributed by atoms with Crippen molar-refractivity contribution in [3.05, 3.63) is 29.8 Å². The molecule has 1 fully saturated rings. The zero-order valence-electron chi connectivity index (χ0n) is 14.8. The van der Waals surface area contributed by atoms with E-state index in [4.69, 9.17) is 5.73 Å². The first-order chi connectivity index (χ1) is 11.3. The van der Waals surface area contributed by atoms with Gasteiger partial charge in [-0.05, 0) is 49.4 Å². The third-order valence-corrected chi connectivity index (χ3v) is 5.69. The molecule has 1 aromatic carbocycles. The molecule has 6 nitrogen and oxygen atoms in total. The summed E-state index contributed by atoms with van der Waals surface area (Å²) in [6, 6.07) is 6.19. The molecule has 1 aliphatic heterocycles. The summed E-state index contributed by atoms with van der Waals surface area (Å²) in [6.45, 7) is 5.43. The molecule has 142 valence electrons. The summed E-state index contributed by atoms with van der Waals surface area (Å²) in [6.07, 6.45) is 2.99. The maximum atomic E-state index is 12.7. The van der Waals surface area contributed by atoms with Crippen LogP contribution in [0, 0.1) is 5.92 Å². The van der Waals surface area contributed by atoms with Crippen molar-refractivity contribution in [2.75, 3.05) is 19.6 Å². The van der Waals surface area contributed by atoms with Gasteiger partial charge in [-0.3, -0.25) is 4.79 Å². The fourth-order valence-corrected chi connectivity index (χ4v) is 4.03. The van der Waals surface area contributed by atoms with E-state index >= 15 is 0 Å². The lowest BCUT2D eigenvalue weighted by Gasteiger charge is -2.35. The number of halogens is 1. The number of carbonyl (C=O) groups is 1. The second kappa shape index (κ2) is 9.52. The maximum Gasteiger partial charge on any atom is 0.254 e. The van der Waals surface area contributed by atoms with Crippen LogP contribution in [-0.2, 0) is 10.0 Å². The van der Waals surface area contributed by atoms with E-state index in [1.807, 2.05) is 18.7 Å². The van der Waals surface area contributed by atoms with Crippen molar-refractivity contribution < 1.29 is 13.2 Å². The molecule has 3 N–H and O–H groups in total. The number of nitrogens with one attached hydrogen (secondary N) is 1. The Morgan fingerprint density at radius 2 is 1.92 bits per heavy atom. The number of amides is 1. The quantitative estimate of drug-likeness (QED) is 0.778. The van der Waals surface area contributed by atoms with Crippen molar-refractivity contribution >= 4 is 28.3 Å². The first kappa shape index (κ1) is 21.9. The van der Waals surface area contributed by atoms with E-state index in [0.29, 0.717) is 25.2 Å². The molecule has 1 saturated heterocycles. The Hall–Kier alpha value is -1.15. The van der Waals surface area contributed by atoms with Gasteiger partial charge in [0.1, 0.15) is 0 Å². The van der Waals surface area contributed by atoms with Gasteiger partial charge in [-0.2, -0.15) is 0 Å². The van der Waals surface area contributed by atoms with E-state index in [1.54, 1.807) is 12.1 Å². The SMILES string of the molecule is CC(C)CNS(=O)(=O)c1ccc(C(=O)N2CCCCC2CN)cc1.Cl. The molecule has 1 heterocycles. The van der Waals surface area contributed by atoms with Gasteiger partial charge in [-0.15, -0.1) is 12.4 Å². The van der Waals surface area contributed by atoms with Crippen molar-refractivity contribution in [3.8, 4) is 0 Å². The molecule has 0 aliphatic carbocycles. The van der Waals surface area contributed by atoms with E-state index in [9.17, 15) is 13.2 Å². The fraction of sp³-hybridized carbons (Fsp3) is 0.588. The van der Waals surface area contributed by atoms with Crippen LogP contribution in [0.25, 0.3) is 0 Å². The number of rotatable bonds is 6. The number of carbonyl (C=O) groups excluding carboxylic acids is 1. The number of likely N-dealkylation sites (tertiary alicyclic amines) is 1. The van der Waals surface area contributed by atoms with E-state index in [2.05, 4.69) is 4.72 Å². The van der Waals surface area contributed by atoms with Gasteiger partial charge >= 0.3 is 0 Å². The molecule has 1 aliphatic rings.